The maximum absolute atomic E-state index is 14.2. The Hall–Kier alpha value is -3.62. The minimum atomic E-state index is -0.823. The number of nitrogens with zero attached hydrogens (tertiary/aromatic N) is 3. The molecule has 2 aromatic rings. The van der Waals surface area contributed by atoms with E-state index in [4.69, 9.17) is 11.6 Å². The van der Waals surface area contributed by atoms with E-state index in [9.17, 15) is 13.6 Å². The molecule has 0 radical (unpaired) electrons. The molecule has 1 amide bonds. The number of rotatable bonds is 4. The number of fused-ring (bicyclic) bond motifs is 1. The van der Waals surface area contributed by atoms with Gasteiger partial charge in [0.25, 0.3) is 5.91 Å². The summed E-state index contributed by atoms with van der Waals surface area (Å²) in [5, 5.41) is 5.50. The maximum atomic E-state index is 14.2. The Kier molecular flexibility index (Phi) is 5.63. The lowest BCUT2D eigenvalue weighted by Crippen LogP contribution is -2.33. The molecule has 3 aliphatic heterocycles. The van der Waals surface area contributed by atoms with E-state index in [0.29, 0.717) is 0 Å². The summed E-state index contributed by atoms with van der Waals surface area (Å²) >= 11 is 6.50. The Bertz CT molecular complexity index is 1300. The molecule has 174 valence electrons. The third-order valence-corrected chi connectivity index (χ3v) is 6.33. The average Bonchev–Trinajstić information content (AvgIpc) is 3.44. The summed E-state index contributed by atoms with van der Waals surface area (Å²) in [6, 6.07) is 8.21. The van der Waals surface area contributed by atoms with Crippen LogP contribution in [0.3, 0.4) is 0 Å². The lowest BCUT2D eigenvalue weighted by atomic mass is 10.0. The fraction of sp³-hybridized carbons (Fsp3) is 0.160. The van der Waals surface area contributed by atoms with Crippen LogP contribution in [0.1, 0.15) is 15.9 Å². The fourth-order valence-corrected chi connectivity index (χ4v) is 4.44. The normalized spacial score (nSPS) is 18.9. The number of benzene rings is 2. The first-order valence-electron chi connectivity index (χ1n) is 10.7. The Morgan fingerprint density at radius 2 is 2.00 bits per heavy atom. The highest BCUT2D eigenvalue weighted by molar-refractivity contribution is 6.34. The lowest BCUT2D eigenvalue weighted by molar-refractivity contribution is 0.0992. The second kappa shape index (κ2) is 8.62. The van der Waals surface area contributed by atoms with E-state index in [0.717, 1.165) is 40.4 Å². The van der Waals surface area contributed by atoms with Gasteiger partial charge in [-0.3, -0.25) is 4.79 Å². The van der Waals surface area contributed by atoms with Gasteiger partial charge in [-0.05, 0) is 41.5 Å². The first kappa shape index (κ1) is 22.2. The highest BCUT2D eigenvalue weighted by Crippen LogP contribution is 2.34. The Labute approximate surface area is 201 Å². The second-order valence-corrected chi connectivity index (χ2v) is 8.65. The molecule has 2 N–H and O–H groups in total. The van der Waals surface area contributed by atoms with Crippen molar-refractivity contribution in [2.45, 2.75) is 6.17 Å². The summed E-state index contributed by atoms with van der Waals surface area (Å²) < 4.78 is 27.4. The summed E-state index contributed by atoms with van der Waals surface area (Å²) in [4.78, 5) is 16.2. The van der Waals surface area contributed by atoms with E-state index >= 15 is 0 Å². The minimum Gasteiger partial charge on any atom is -0.366 e. The molecule has 0 saturated carbocycles. The van der Waals surface area contributed by atoms with Crippen molar-refractivity contribution in [1.29, 1.82) is 0 Å². The van der Waals surface area contributed by atoms with Gasteiger partial charge in [-0.25, -0.2) is 14.2 Å². The summed E-state index contributed by atoms with van der Waals surface area (Å²) in [5.74, 6) is -2.03. The second-order valence-electron chi connectivity index (χ2n) is 8.25. The van der Waals surface area contributed by atoms with Crippen LogP contribution in [0.5, 0.6) is 0 Å². The maximum Gasteiger partial charge on any atom is 0.259 e. The van der Waals surface area contributed by atoms with Crippen molar-refractivity contribution in [2.75, 3.05) is 25.5 Å². The topological polar surface area (TPSA) is 50.9 Å². The number of nitrogens with one attached hydrogen (secondary N) is 2. The third-order valence-electron chi connectivity index (χ3n) is 6.02. The zero-order valence-electron chi connectivity index (χ0n) is 18.5. The molecule has 3 aliphatic rings. The van der Waals surface area contributed by atoms with E-state index in [-0.39, 0.29) is 22.4 Å². The van der Waals surface area contributed by atoms with Gasteiger partial charge >= 0.3 is 0 Å². The van der Waals surface area contributed by atoms with Crippen LogP contribution in [0.25, 0.3) is 5.70 Å². The van der Waals surface area contributed by atoms with Gasteiger partial charge in [-0.2, -0.15) is 0 Å². The summed E-state index contributed by atoms with van der Waals surface area (Å²) in [6.45, 7) is 0.752. The van der Waals surface area contributed by atoms with Crippen LogP contribution in [0, 0.1) is 11.6 Å². The van der Waals surface area contributed by atoms with Crippen LogP contribution in [0.15, 0.2) is 78.3 Å². The number of hydrazine groups is 1. The van der Waals surface area contributed by atoms with E-state index in [1.807, 2.05) is 18.3 Å². The van der Waals surface area contributed by atoms with Crippen molar-refractivity contribution in [2.24, 2.45) is 0 Å². The van der Waals surface area contributed by atoms with Crippen molar-refractivity contribution < 1.29 is 13.6 Å². The van der Waals surface area contributed by atoms with Gasteiger partial charge in [0.2, 0.25) is 0 Å². The van der Waals surface area contributed by atoms with Crippen molar-refractivity contribution >= 4 is 28.9 Å². The van der Waals surface area contributed by atoms with Crippen LogP contribution < -0.4 is 15.6 Å². The Morgan fingerprint density at radius 3 is 2.71 bits per heavy atom. The molecule has 5 rings (SSSR count). The molecule has 0 fully saturated rings. The number of allylic oxidation sites excluding steroid dienone is 1. The van der Waals surface area contributed by atoms with E-state index < -0.39 is 17.5 Å². The van der Waals surface area contributed by atoms with Crippen LogP contribution in [0.4, 0.5) is 14.5 Å². The molecular weight excluding hydrogens is 460 g/mol. The van der Waals surface area contributed by atoms with Crippen molar-refractivity contribution in [3.8, 4) is 0 Å². The van der Waals surface area contributed by atoms with E-state index in [2.05, 4.69) is 40.2 Å². The molecule has 0 bridgehead atoms. The molecule has 9 heteroatoms. The van der Waals surface area contributed by atoms with Gasteiger partial charge in [0.1, 0.15) is 17.8 Å². The predicted molar refractivity (Wildman–Crippen MR) is 128 cm³/mol. The molecule has 0 aliphatic carbocycles. The fourth-order valence-electron chi connectivity index (χ4n) is 4.18. The van der Waals surface area contributed by atoms with Crippen LogP contribution in [0.2, 0.25) is 5.02 Å². The van der Waals surface area contributed by atoms with Crippen molar-refractivity contribution in [3.05, 3.63) is 106 Å². The number of amides is 1. The summed E-state index contributed by atoms with van der Waals surface area (Å²) in [6.07, 6.45) is 10.2. The van der Waals surface area contributed by atoms with E-state index in [1.54, 1.807) is 18.2 Å². The Morgan fingerprint density at radius 1 is 1.18 bits per heavy atom. The van der Waals surface area contributed by atoms with Gasteiger partial charge < -0.3 is 20.1 Å². The molecule has 3 heterocycles. The van der Waals surface area contributed by atoms with Crippen LogP contribution in [-0.2, 0) is 0 Å². The van der Waals surface area contributed by atoms with Crippen molar-refractivity contribution in [1.82, 2.24) is 20.7 Å². The molecule has 34 heavy (non-hydrogen) atoms. The number of hydrogen-bond acceptors (Lipinski definition) is 5. The quantitative estimate of drug-likeness (QED) is 0.685. The molecule has 6 nitrogen and oxygen atoms in total. The molecule has 2 aromatic carbocycles. The Balaban J connectivity index is 1.39. The number of halogens is 3. The van der Waals surface area contributed by atoms with E-state index in [1.165, 1.54) is 18.7 Å². The molecule has 0 saturated heterocycles. The third kappa shape index (κ3) is 3.95. The number of carbonyl (C=O) groups excluding carboxylic acids is 1. The standard InChI is InChI=1S/C25H22ClF2N5O/c1-31-13-17(11-30-31)16-4-8-24-29-12-23(33(24)14-16)15-3-6-19(20(26)9-15)25(34)32(2)22-7-5-18(27)10-21(22)28/h3-10,12-14,24,29-30H,11H2,1-2H3. The molecule has 1 unspecified atom stereocenters. The van der Waals surface area contributed by atoms with Gasteiger partial charge in [0.15, 0.2) is 0 Å². The van der Waals surface area contributed by atoms with Crippen LogP contribution in [-0.4, -0.2) is 42.6 Å². The zero-order chi connectivity index (χ0) is 24.0. The molecule has 0 spiro atoms. The first-order chi connectivity index (χ1) is 16.3. The first-order valence-corrected chi connectivity index (χ1v) is 11.0. The summed E-state index contributed by atoms with van der Waals surface area (Å²) in [7, 11) is 3.38. The van der Waals surface area contributed by atoms with Crippen molar-refractivity contribution in [3.63, 3.8) is 0 Å². The molecule has 1 atom stereocenters. The van der Waals surface area contributed by atoms with Gasteiger partial charge in [-0.15, -0.1) is 0 Å². The highest BCUT2D eigenvalue weighted by atomic mass is 35.5. The summed E-state index contributed by atoms with van der Waals surface area (Å²) in [5.41, 5.74) is 7.45. The monoisotopic (exact) mass is 481 g/mol. The SMILES string of the molecule is CN1C=C(C2=CN3C(c4ccc(C(=O)N(C)c5ccc(F)cc5F)c(Cl)c4)=CNC3C=C2)CN1. The smallest absolute Gasteiger partial charge is 0.259 e. The number of hydrogen-bond donors (Lipinski definition) is 2. The number of anilines is 1. The van der Waals surface area contributed by atoms with Gasteiger partial charge in [0, 0.05) is 50.9 Å². The zero-order valence-corrected chi connectivity index (χ0v) is 19.3. The van der Waals surface area contributed by atoms with Crippen LogP contribution >= 0.6 is 11.6 Å². The molecular formula is C25H22ClF2N5O. The number of carbonyl (C=O) groups is 1. The van der Waals surface area contributed by atoms with Gasteiger partial charge in [-0.1, -0.05) is 23.7 Å². The minimum absolute atomic E-state index is 0.0147. The molecule has 0 aromatic heterocycles. The average molecular weight is 482 g/mol. The lowest BCUT2D eigenvalue weighted by Gasteiger charge is -2.28. The predicted octanol–water partition coefficient (Wildman–Crippen LogP) is 4.21. The highest BCUT2D eigenvalue weighted by Gasteiger charge is 2.28. The van der Waals surface area contributed by atoms with Gasteiger partial charge in [0.05, 0.1) is 22.0 Å². The largest absolute Gasteiger partial charge is 0.366 e.